The third-order valence-corrected chi connectivity index (χ3v) is 3.71. The predicted molar refractivity (Wildman–Crippen MR) is 91.8 cm³/mol. The Morgan fingerprint density at radius 1 is 1.10 bits per heavy atom. The van der Waals surface area contributed by atoms with Gasteiger partial charge in [-0.05, 0) is 41.8 Å². The first-order valence-electron chi connectivity index (χ1n) is 6.90. The number of carbonyl (C=O) groups is 1. The molecule has 0 atom stereocenters. The molecule has 0 fully saturated rings. The molecule has 2 rings (SSSR count). The van der Waals surface area contributed by atoms with Crippen molar-refractivity contribution in [2.45, 2.75) is 19.8 Å². The lowest BCUT2D eigenvalue weighted by Gasteiger charge is -2.11. The maximum atomic E-state index is 12.0. The number of carbonyl (C=O) groups excluding carboxylic acids is 1. The van der Waals surface area contributed by atoms with Gasteiger partial charge in [-0.3, -0.25) is 4.79 Å². The monoisotopic (exact) mass is 343 g/mol. The Morgan fingerprint density at radius 2 is 1.76 bits per heavy atom. The van der Waals surface area contributed by atoms with Crippen LogP contribution in [0.4, 0.5) is 5.69 Å². The van der Waals surface area contributed by atoms with Crippen LogP contribution in [0.25, 0.3) is 0 Å². The fourth-order valence-corrected chi connectivity index (χ4v) is 2.31. The van der Waals surface area contributed by atoms with Gasteiger partial charge in [0.25, 0.3) is 0 Å². The number of hydrogen-bond donors (Lipinski definition) is 1. The van der Waals surface area contributed by atoms with E-state index in [2.05, 4.69) is 41.2 Å². The van der Waals surface area contributed by atoms with Crippen LogP contribution in [0, 0.1) is 0 Å². The topological polar surface area (TPSA) is 29.1 Å². The molecule has 0 aliphatic rings. The molecule has 0 saturated heterocycles. The second-order valence-corrected chi connectivity index (χ2v) is 6.01. The van der Waals surface area contributed by atoms with E-state index in [1.165, 1.54) is 5.56 Å². The predicted octanol–water partition coefficient (Wildman–Crippen LogP) is 5.38. The number of benzene rings is 2. The van der Waals surface area contributed by atoms with Crippen molar-refractivity contribution in [3.8, 4) is 0 Å². The molecule has 2 nitrogen and oxygen atoms in total. The Morgan fingerprint density at radius 3 is 2.43 bits per heavy atom. The molecule has 0 aliphatic carbocycles. The molecule has 21 heavy (non-hydrogen) atoms. The SMILES string of the molecule is CC(C)c1ccccc1N/C=C/C(=O)c1ccc(Br)cc1. The average molecular weight is 344 g/mol. The lowest BCUT2D eigenvalue weighted by Crippen LogP contribution is -1.99. The van der Waals surface area contributed by atoms with E-state index < -0.39 is 0 Å². The lowest BCUT2D eigenvalue weighted by molar-refractivity contribution is 0.104. The van der Waals surface area contributed by atoms with Crippen molar-refractivity contribution >= 4 is 27.4 Å². The normalized spacial score (nSPS) is 11.0. The third kappa shape index (κ3) is 4.30. The van der Waals surface area contributed by atoms with Crippen molar-refractivity contribution in [3.05, 3.63) is 76.4 Å². The molecule has 0 unspecified atom stereocenters. The molecule has 0 spiro atoms. The summed E-state index contributed by atoms with van der Waals surface area (Å²) in [6, 6.07) is 15.5. The molecule has 1 N–H and O–H groups in total. The number of hydrogen-bond acceptors (Lipinski definition) is 2. The zero-order chi connectivity index (χ0) is 15.2. The summed E-state index contributed by atoms with van der Waals surface area (Å²) in [4.78, 5) is 12.0. The summed E-state index contributed by atoms with van der Waals surface area (Å²) in [5.74, 6) is 0.418. The fraction of sp³-hybridized carbons (Fsp3) is 0.167. The molecule has 0 aromatic heterocycles. The van der Waals surface area contributed by atoms with Gasteiger partial charge in [-0.15, -0.1) is 0 Å². The quantitative estimate of drug-likeness (QED) is 0.583. The zero-order valence-electron chi connectivity index (χ0n) is 12.1. The Labute approximate surface area is 134 Å². The number of nitrogens with one attached hydrogen (secondary N) is 1. The smallest absolute Gasteiger partial charge is 0.187 e. The summed E-state index contributed by atoms with van der Waals surface area (Å²) < 4.78 is 0.965. The summed E-state index contributed by atoms with van der Waals surface area (Å²) in [7, 11) is 0. The van der Waals surface area contributed by atoms with Gasteiger partial charge in [0.1, 0.15) is 0 Å². The summed E-state index contributed by atoms with van der Waals surface area (Å²) in [5.41, 5.74) is 2.94. The second kappa shape index (κ2) is 7.23. The molecule has 0 saturated carbocycles. The van der Waals surface area contributed by atoms with Crippen molar-refractivity contribution in [1.82, 2.24) is 0 Å². The zero-order valence-corrected chi connectivity index (χ0v) is 13.7. The van der Waals surface area contributed by atoms with Crippen LogP contribution in [0.15, 0.2) is 65.3 Å². The standard InChI is InChI=1S/C18H18BrNO/c1-13(2)16-5-3-4-6-17(16)20-12-11-18(21)14-7-9-15(19)10-8-14/h3-13,20H,1-2H3/b12-11+. The van der Waals surface area contributed by atoms with Gasteiger partial charge < -0.3 is 5.32 Å². The fourth-order valence-electron chi connectivity index (χ4n) is 2.05. The minimum atomic E-state index is -0.0166. The molecule has 2 aromatic rings. The van der Waals surface area contributed by atoms with Crippen LogP contribution in [0.1, 0.15) is 35.7 Å². The molecule has 2 aromatic carbocycles. The highest BCUT2D eigenvalue weighted by atomic mass is 79.9. The second-order valence-electron chi connectivity index (χ2n) is 5.09. The number of anilines is 1. The maximum absolute atomic E-state index is 12.0. The van der Waals surface area contributed by atoms with Gasteiger partial charge in [-0.25, -0.2) is 0 Å². The maximum Gasteiger partial charge on any atom is 0.187 e. The van der Waals surface area contributed by atoms with Gasteiger partial charge in [0, 0.05) is 28.0 Å². The van der Waals surface area contributed by atoms with E-state index in [0.717, 1.165) is 10.2 Å². The van der Waals surface area contributed by atoms with E-state index >= 15 is 0 Å². The molecular formula is C18H18BrNO. The van der Waals surface area contributed by atoms with Crippen molar-refractivity contribution in [2.24, 2.45) is 0 Å². The first kappa shape index (κ1) is 15.5. The average Bonchev–Trinajstić information content (AvgIpc) is 2.48. The van der Waals surface area contributed by atoms with Crippen LogP contribution < -0.4 is 5.32 Å². The van der Waals surface area contributed by atoms with Crippen LogP contribution in [0.5, 0.6) is 0 Å². The van der Waals surface area contributed by atoms with Crippen molar-refractivity contribution in [1.29, 1.82) is 0 Å². The Hall–Kier alpha value is -1.87. The van der Waals surface area contributed by atoms with E-state index in [1.807, 2.05) is 30.3 Å². The van der Waals surface area contributed by atoms with Gasteiger partial charge in [0.05, 0.1) is 0 Å². The van der Waals surface area contributed by atoms with Gasteiger partial charge in [-0.1, -0.05) is 48.0 Å². The van der Waals surface area contributed by atoms with Gasteiger partial charge in [0.2, 0.25) is 0 Å². The third-order valence-electron chi connectivity index (χ3n) is 3.19. The molecule has 0 bridgehead atoms. The number of ketones is 1. The first-order chi connectivity index (χ1) is 10.1. The number of allylic oxidation sites excluding steroid dienone is 1. The van der Waals surface area contributed by atoms with Crippen LogP contribution in [0.2, 0.25) is 0 Å². The van der Waals surface area contributed by atoms with Crippen LogP contribution in [-0.2, 0) is 0 Å². The van der Waals surface area contributed by atoms with E-state index in [9.17, 15) is 4.79 Å². The first-order valence-corrected chi connectivity index (χ1v) is 7.69. The van der Waals surface area contributed by atoms with Gasteiger partial charge in [-0.2, -0.15) is 0 Å². The highest BCUT2D eigenvalue weighted by Gasteiger charge is 2.04. The van der Waals surface area contributed by atoms with Crippen LogP contribution in [-0.4, -0.2) is 5.78 Å². The molecule has 0 radical (unpaired) electrons. The molecule has 3 heteroatoms. The Bertz CT molecular complexity index is 645. The summed E-state index contributed by atoms with van der Waals surface area (Å²) in [5, 5.41) is 3.20. The van der Waals surface area contributed by atoms with Crippen LogP contribution >= 0.6 is 15.9 Å². The van der Waals surface area contributed by atoms with Gasteiger partial charge in [0.15, 0.2) is 5.78 Å². The van der Waals surface area contributed by atoms with Gasteiger partial charge >= 0.3 is 0 Å². The van der Waals surface area contributed by atoms with E-state index in [1.54, 1.807) is 24.4 Å². The summed E-state index contributed by atoms with van der Waals surface area (Å²) >= 11 is 3.36. The van der Waals surface area contributed by atoms with Crippen molar-refractivity contribution < 1.29 is 4.79 Å². The van der Waals surface area contributed by atoms with Crippen molar-refractivity contribution in [2.75, 3.05) is 5.32 Å². The molecule has 0 aliphatic heterocycles. The van der Waals surface area contributed by atoms with Crippen LogP contribution in [0.3, 0.4) is 0 Å². The lowest BCUT2D eigenvalue weighted by atomic mass is 10.0. The Kier molecular flexibility index (Phi) is 5.34. The van der Waals surface area contributed by atoms with E-state index in [-0.39, 0.29) is 5.78 Å². The van der Waals surface area contributed by atoms with E-state index in [0.29, 0.717) is 11.5 Å². The number of halogens is 1. The minimum Gasteiger partial charge on any atom is -0.361 e. The minimum absolute atomic E-state index is 0.0166. The van der Waals surface area contributed by atoms with Crippen molar-refractivity contribution in [3.63, 3.8) is 0 Å². The molecule has 0 heterocycles. The number of para-hydroxylation sites is 1. The summed E-state index contributed by atoms with van der Waals surface area (Å²) in [6.45, 7) is 4.30. The molecule has 108 valence electrons. The highest BCUT2D eigenvalue weighted by Crippen LogP contribution is 2.23. The molecular weight excluding hydrogens is 326 g/mol. The van der Waals surface area contributed by atoms with E-state index in [4.69, 9.17) is 0 Å². The Balaban J connectivity index is 2.06. The number of rotatable bonds is 5. The highest BCUT2D eigenvalue weighted by molar-refractivity contribution is 9.10. The summed E-state index contributed by atoms with van der Waals surface area (Å²) in [6.07, 6.45) is 3.26. The molecule has 0 amide bonds. The largest absolute Gasteiger partial charge is 0.361 e.